The number of ether oxygens (including phenoxy) is 3. The summed E-state index contributed by atoms with van der Waals surface area (Å²) >= 11 is 0. The molecule has 0 aliphatic carbocycles. The Morgan fingerprint density at radius 2 is 2.10 bits per heavy atom. The van der Waals surface area contributed by atoms with E-state index in [-0.39, 0.29) is 24.7 Å². The van der Waals surface area contributed by atoms with E-state index < -0.39 is 24.3 Å². The van der Waals surface area contributed by atoms with Gasteiger partial charge in [-0.05, 0) is 32.0 Å². The van der Waals surface area contributed by atoms with Gasteiger partial charge >= 0.3 is 6.09 Å². The minimum atomic E-state index is -0.739. The smallest absolute Gasteiger partial charge is 0.414 e. The van der Waals surface area contributed by atoms with Crippen LogP contribution in [0.2, 0.25) is 0 Å². The molecule has 10 nitrogen and oxygen atoms in total. The van der Waals surface area contributed by atoms with Gasteiger partial charge in [-0.2, -0.15) is 0 Å². The number of nitrogens with zero attached hydrogens (tertiary/aromatic N) is 4. The molecule has 1 aromatic heterocycles. The molecule has 0 radical (unpaired) electrons. The van der Waals surface area contributed by atoms with E-state index in [0.29, 0.717) is 24.6 Å². The molecule has 2 amide bonds. The summed E-state index contributed by atoms with van der Waals surface area (Å²) in [5.74, 6) is -0.829. The van der Waals surface area contributed by atoms with Gasteiger partial charge in [0.2, 0.25) is 12.2 Å². The highest BCUT2D eigenvalue weighted by Crippen LogP contribution is 2.27. The highest BCUT2D eigenvalue weighted by molar-refractivity contribution is 5.90. The van der Waals surface area contributed by atoms with Crippen molar-refractivity contribution >= 4 is 17.7 Å². The zero-order valence-corrected chi connectivity index (χ0v) is 17.0. The summed E-state index contributed by atoms with van der Waals surface area (Å²) in [6.07, 6.45) is -0.401. The monoisotopic (exact) mass is 421 g/mol. The standard InChI is InChI=1S/C19H24FN5O5/c1-4-28-18(29-5-2)17-10-22-23-25(17)16-7-6-13(8-15(16)20)24-11-14(30-19(24)27)9-21-12(3)26/h6-8,10,14,18H,4-5,9,11H2,1-3H3,(H,21,26)/t14-/m0/s1. The van der Waals surface area contributed by atoms with Crippen molar-refractivity contribution < 1.29 is 28.2 Å². The number of nitrogens with one attached hydrogen (secondary N) is 1. The van der Waals surface area contributed by atoms with Crippen LogP contribution in [0.3, 0.4) is 0 Å². The molecule has 30 heavy (non-hydrogen) atoms. The first kappa shape index (κ1) is 21.7. The Morgan fingerprint density at radius 1 is 1.37 bits per heavy atom. The molecular formula is C19H24FN5O5. The zero-order chi connectivity index (χ0) is 21.7. The average molecular weight is 421 g/mol. The van der Waals surface area contributed by atoms with E-state index in [4.69, 9.17) is 14.2 Å². The van der Waals surface area contributed by atoms with Crippen molar-refractivity contribution in [2.45, 2.75) is 33.2 Å². The number of amides is 2. The molecule has 1 aliphatic rings. The van der Waals surface area contributed by atoms with Crippen LogP contribution in [0, 0.1) is 5.82 Å². The van der Waals surface area contributed by atoms with Crippen molar-refractivity contribution in [1.29, 1.82) is 0 Å². The van der Waals surface area contributed by atoms with Gasteiger partial charge < -0.3 is 19.5 Å². The van der Waals surface area contributed by atoms with Gasteiger partial charge in [-0.3, -0.25) is 9.69 Å². The maximum Gasteiger partial charge on any atom is 0.414 e. The van der Waals surface area contributed by atoms with Crippen LogP contribution < -0.4 is 10.2 Å². The minimum absolute atomic E-state index is 0.137. The van der Waals surface area contributed by atoms with Crippen LogP contribution >= 0.6 is 0 Å². The van der Waals surface area contributed by atoms with Gasteiger partial charge in [0, 0.05) is 20.1 Å². The summed E-state index contributed by atoms with van der Waals surface area (Å²) in [6.45, 7) is 6.21. The largest absolute Gasteiger partial charge is 0.442 e. The van der Waals surface area contributed by atoms with Crippen molar-refractivity contribution in [2.24, 2.45) is 0 Å². The Morgan fingerprint density at radius 3 is 2.73 bits per heavy atom. The molecule has 1 saturated heterocycles. The molecule has 2 aromatic rings. The quantitative estimate of drug-likeness (QED) is 0.617. The van der Waals surface area contributed by atoms with E-state index in [9.17, 15) is 14.0 Å². The fourth-order valence-corrected chi connectivity index (χ4v) is 3.04. The summed E-state index contributed by atoms with van der Waals surface area (Å²) in [4.78, 5) is 24.5. The summed E-state index contributed by atoms with van der Waals surface area (Å²) < 4.78 is 32.6. The molecular weight excluding hydrogens is 397 g/mol. The third-order valence-corrected chi connectivity index (χ3v) is 4.38. The lowest BCUT2D eigenvalue weighted by atomic mass is 10.2. The van der Waals surface area contributed by atoms with E-state index in [2.05, 4.69) is 15.6 Å². The van der Waals surface area contributed by atoms with Crippen LogP contribution in [0.1, 0.15) is 32.8 Å². The Bertz CT molecular complexity index is 899. The molecule has 1 atom stereocenters. The summed E-state index contributed by atoms with van der Waals surface area (Å²) in [7, 11) is 0. The van der Waals surface area contributed by atoms with E-state index in [1.165, 1.54) is 34.8 Å². The molecule has 1 aliphatic heterocycles. The Kier molecular flexibility index (Phi) is 6.95. The number of halogens is 1. The highest BCUT2D eigenvalue weighted by Gasteiger charge is 2.33. The molecule has 0 unspecified atom stereocenters. The summed E-state index contributed by atoms with van der Waals surface area (Å²) in [5, 5.41) is 10.4. The molecule has 2 heterocycles. The number of carbonyl (C=O) groups excluding carboxylic acids is 2. The van der Waals surface area contributed by atoms with Gasteiger partial charge in [0.15, 0.2) is 5.82 Å². The van der Waals surface area contributed by atoms with Crippen molar-refractivity contribution in [3.63, 3.8) is 0 Å². The molecule has 11 heteroatoms. The van der Waals surface area contributed by atoms with E-state index in [1.807, 2.05) is 13.8 Å². The second-order valence-electron chi connectivity index (χ2n) is 6.50. The topological polar surface area (TPSA) is 108 Å². The van der Waals surface area contributed by atoms with Crippen LogP contribution in [0.15, 0.2) is 24.4 Å². The van der Waals surface area contributed by atoms with Crippen LogP contribution in [-0.4, -0.2) is 59.4 Å². The van der Waals surface area contributed by atoms with Crippen LogP contribution in [0.5, 0.6) is 0 Å². The van der Waals surface area contributed by atoms with E-state index in [0.717, 1.165) is 0 Å². The maximum absolute atomic E-state index is 15.0. The third-order valence-electron chi connectivity index (χ3n) is 4.38. The molecule has 1 aromatic carbocycles. The van der Waals surface area contributed by atoms with Crippen LogP contribution in [-0.2, 0) is 19.0 Å². The van der Waals surface area contributed by atoms with E-state index >= 15 is 0 Å². The second kappa shape index (κ2) is 9.63. The van der Waals surface area contributed by atoms with E-state index in [1.54, 1.807) is 6.07 Å². The molecule has 0 saturated carbocycles. The number of carbonyl (C=O) groups is 2. The molecule has 0 spiro atoms. The Balaban J connectivity index is 1.81. The lowest BCUT2D eigenvalue weighted by molar-refractivity contribution is -0.143. The van der Waals surface area contributed by atoms with Crippen molar-refractivity contribution in [1.82, 2.24) is 20.3 Å². The van der Waals surface area contributed by atoms with Gasteiger partial charge in [0.1, 0.15) is 17.5 Å². The Hall–Kier alpha value is -3.05. The maximum atomic E-state index is 15.0. The fraction of sp³-hybridized carbons (Fsp3) is 0.474. The van der Waals surface area contributed by atoms with Crippen molar-refractivity contribution in [3.8, 4) is 5.69 Å². The predicted molar refractivity (Wildman–Crippen MR) is 104 cm³/mol. The number of anilines is 1. The van der Waals surface area contributed by atoms with Gasteiger partial charge in [-0.1, -0.05) is 5.21 Å². The van der Waals surface area contributed by atoms with Gasteiger partial charge in [-0.15, -0.1) is 5.10 Å². The lowest BCUT2D eigenvalue weighted by Crippen LogP contribution is -2.33. The van der Waals surface area contributed by atoms with Crippen molar-refractivity contribution in [3.05, 3.63) is 35.9 Å². The molecule has 162 valence electrons. The normalized spacial score (nSPS) is 16.2. The molecule has 1 N–H and O–H groups in total. The lowest BCUT2D eigenvalue weighted by Gasteiger charge is -2.18. The van der Waals surface area contributed by atoms with Crippen LogP contribution in [0.25, 0.3) is 5.69 Å². The molecule has 0 bridgehead atoms. The number of hydrogen-bond acceptors (Lipinski definition) is 7. The first-order chi connectivity index (χ1) is 14.4. The summed E-state index contributed by atoms with van der Waals surface area (Å²) in [5.41, 5.74) is 0.915. The zero-order valence-electron chi connectivity index (χ0n) is 17.0. The second-order valence-corrected chi connectivity index (χ2v) is 6.50. The summed E-state index contributed by atoms with van der Waals surface area (Å²) in [6, 6.07) is 4.30. The van der Waals surface area contributed by atoms with Crippen LogP contribution in [0.4, 0.5) is 14.9 Å². The molecule has 3 rings (SSSR count). The Labute approximate surface area is 172 Å². The fourth-order valence-electron chi connectivity index (χ4n) is 3.04. The number of cyclic esters (lactones) is 1. The third kappa shape index (κ3) is 4.74. The predicted octanol–water partition coefficient (Wildman–Crippen LogP) is 1.94. The highest BCUT2D eigenvalue weighted by atomic mass is 19.1. The molecule has 1 fully saturated rings. The average Bonchev–Trinajstić information content (AvgIpc) is 3.33. The first-order valence-corrected chi connectivity index (χ1v) is 9.60. The number of benzene rings is 1. The SMILES string of the molecule is CCOC(OCC)c1cnnn1-c1ccc(N2C[C@H](CNC(C)=O)OC2=O)cc1F. The van der Waals surface area contributed by atoms with Crippen molar-refractivity contribution in [2.75, 3.05) is 31.2 Å². The van der Waals surface area contributed by atoms with Gasteiger partial charge in [0.05, 0.1) is 25.0 Å². The van der Waals surface area contributed by atoms with Gasteiger partial charge in [0.25, 0.3) is 0 Å². The number of rotatable bonds is 9. The van der Waals surface area contributed by atoms with Gasteiger partial charge in [-0.25, -0.2) is 13.9 Å². The minimum Gasteiger partial charge on any atom is -0.442 e. The number of aromatic nitrogens is 3. The number of hydrogen-bond donors (Lipinski definition) is 1. The first-order valence-electron chi connectivity index (χ1n) is 9.60.